The van der Waals surface area contributed by atoms with Crippen molar-refractivity contribution in [3.63, 3.8) is 0 Å². The summed E-state index contributed by atoms with van der Waals surface area (Å²) in [6, 6.07) is 1.58. The van der Waals surface area contributed by atoms with Crippen LogP contribution in [0.15, 0.2) is 12.1 Å². The van der Waals surface area contributed by atoms with Gasteiger partial charge in [-0.25, -0.2) is 13.2 Å². The van der Waals surface area contributed by atoms with Gasteiger partial charge in [0.05, 0.1) is 11.6 Å². The second kappa shape index (κ2) is 5.52. The molecule has 0 unspecified atom stereocenters. The number of nitrogens with one attached hydrogen (secondary N) is 1. The lowest BCUT2D eigenvalue weighted by Gasteiger charge is -2.13. The van der Waals surface area contributed by atoms with Gasteiger partial charge in [0.25, 0.3) is 5.91 Å². The molecule has 1 saturated carbocycles. The minimum Gasteiger partial charge on any atom is -0.452 e. The van der Waals surface area contributed by atoms with E-state index in [0.29, 0.717) is 6.07 Å². The number of anilines is 1. The van der Waals surface area contributed by atoms with Gasteiger partial charge >= 0.3 is 5.97 Å². The maximum atomic E-state index is 13.3. The average molecular weight is 287 g/mol. The molecule has 0 heterocycles. The van der Waals surface area contributed by atoms with E-state index in [9.17, 15) is 22.8 Å². The normalized spacial score (nSPS) is 15.6. The van der Waals surface area contributed by atoms with Gasteiger partial charge in [0.2, 0.25) is 0 Å². The Kier molecular flexibility index (Phi) is 3.96. The third-order valence-electron chi connectivity index (χ3n) is 2.87. The standard InChI is InChI=1S/C13H12F3NO3/c1-6(20-13(19)7-2-3-7)12(18)17-9-5-4-8(14)10(15)11(9)16/h4-7H,2-3H2,1H3,(H,17,18)/t6-/m0/s1. The molecular weight excluding hydrogens is 275 g/mol. The molecule has 0 saturated heterocycles. The van der Waals surface area contributed by atoms with Crippen LogP contribution in [0.3, 0.4) is 0 Å². The molecule has 1 aromatic rings. The van der Waals surface area contributed by atoms with Crippen LogP contribution in [0.25, 0.3) is 0 Å². The largest absolute Gasteiger partial charge is 0.452 e. The van der Waals surface area contributed by atoms with Crippen LogP contribution >= 0.6 is 0 Å². The molecule has 0 aromatic heterocycles. The summed E-state index contributed by atoms with van der Waals surface area (Å²) in [5.41, 5.74) is -0.511. The van der Waals surface area contributed by atoms with Gasteiger partial charge in [0.15, 0.2) is 23.6 Å². The Bertz CT molecular complexity index is 558. The summed E-state index contributed by atoms with van der Waals surface area (Å²) in [5.74, 6) is -6.01. The molecule has 1 atom stereocenters. The number of halogens is 3. The lowest BCUT2D eigenvalue weighted by atomic mass is 10.2. The van der Waals surface area contributed by atoms with Crippen molar-refractivity contribution in [2.24, 2.45) is 5.92 Å². The van der Waals surface area contributed by atoms with Gasteiger partial charge in [-0.2, -0.15) is 0 Å². The Balaban J connectivity index is 2.00. The summed E-state index contributed by atoms with van der Waals surface area (Å²) in [5, 5.41) is 2.04. The summed E-state index contributed by atoms with van der Waals surface area (Å²) in [6.07, 6.45) is 0.311. The van der Waals surface area contributed by atoms with Crippen LogP contribution in [-0.4, -0.2) is 18.0 Å². The van der Waals surface area contributed by atoms with Gasteiger partial charge in [-0.15, -0.1) is 0 Å². The zero-order valence-electron chi connectivity index (χ0n) is 10.6. The third-order valence-corrected chi connectivity index (χ3v) is 2.87. The Hall–Kier alpha value is -2.05. The van der Waals surface area contributed by atoms with Gasteiger partial charge < -0.3 is 10.1 Å². The predicted molar refractivity (Wildman–Crippen MR) is 63.2 cm³/mol. The number of rotatable bonds is 4. The van der Waals surface area contributed by atoms with Crippen molar-refractivity contribution >= 4 is 17.6 Å². The van der Waals surface area contributed by atoms with Crippen LogP contribution in [-0.2, 0) is 14.3 Å². The summed E-state index contributed by atoms with van der Waals surface area (Å²) >= 11 is 0. The fourth-order valence-corrected chi connectivity index (χ4v) is 1.50. The van der Waals surface area contributed by atoms with Crippen molar-refractivity contribution in [2.45, 2.75) is 25.9 Å². The highest BCUT2D eigenvalue weighted by molar-refractivity contribution is 5.95. The maximum Gasteiger partial charge on any atom is 0.309 e. The van der Waals surface area contributed by atoms with E-state index in [-0.39, 0.29) is 5.92 Å². The number of carbonyl (C=O) groups is 2. The zero-order valence-corrected chi connectivity index (χ0v) is 10.6. The molecule has 20 heavy (non-hydrogen) atoms. The fraction of sp³-hybridized carbons (Fsp3) is 0.385. The zero-order chi connectivity index (χ0) is 14.9. The summed E-state index contributed by atoms with van der Waals surface area (Å²) < 4.78 is 43.9. The second-order valence-corrected chi connectivity index (χ2v) is 4.57. The van der Waals surface area contributed by atoms with Crippen molar-refractivity contribution in [1.29, 1.82) is 0 Å². The molecule has 1 amide bonds. The van der Waals surface area contributed by atoms with E-state index < -0.39 is 41.1 Å². The van der Waals surface area contributed by atoms with E-state index in [1.54, 1.807) is 0 Å². The van der Waals surface area contributed by atoms with E-state index in [1.807, 2.05) is 5.32 Å². The lowest BCUT2D eigenvalue weighted by molar-refractivity contribution is -0.154. The molecular formula is C13H12F3NO3. The Morgan fingerprint density at radius 2 is 1.90 bits per heavy atom. The monoisotopic (exact) mass is 287 g/mol. The third kappa shape index (κ3) is 3.09. The molecule has 7 heteroatoms. The number of ether oxygens (including phenoxy) is 1. The molecule has 1 aliphatic rings. The second-order valence-electron chi connectivity index (χ2n) is 4.57. The predicted octanol–water partition coefficient (Wildman–Crippen LogP) is 2.38. The number of hydrogen-bond donors (Lipinski definition) is 1. The molecule has 0 spiro atoms. The summed E-state index contributed by atoms with van der Waals surface area (Å²) in [6.45, 7) is 1.31. The minimum atomic E-state index is -1.68. The first kappa shape index (κ1) is 14.4. The van der Waals surface area contributed by atoms with Crippen molar-refractivity contribution < 1.29 is 27.5 Å². The van der Waals surface area contributed by atoms with Gasteiger partial charge in [0, 0.05) is 0 Å². The number of esters is 1. The molecule has 0 aliphatic heterocycles. The topological polar surface area (TPSA) is 55.4 Å². The smallest absolute Gasteiger partial charge is 0.309 e. The first-order chi connectivity index (χ1) is 9.40. The number of benzene rings is 1. The number of carbonyl (C=O) groups excluding carboxylic acids is 2. The maximum absolute atomic E-state index is 13.3. The van der Waals surface area contributed by atoms with Crippen LogP contribution in [0.5, 0.6) is 0 Å². The van der Waals surface area contributed by atoms with E-state index in [4.69, 9.17) is 4.74 Å². The molecule has 0 radical (unpaired) electrons. The first-order valence-electron chi connectivity index (χ1n) is 6.05. The van der Waals surface area contributed by atoms with Crippen LogP contribution in [0.4, 0.5) is 18.9 Å². The Morgan fingerprint density at radius 1 is 1.25 bits per heavy atom. The van der Waals surface area contributed by atoms with Crippen LogP contribution in [0.1, 0.15) is 19.8 Å². The van der Waals surface area contributed by atoms with Crippen molar-refractivity contribution in [3.8, 4) is 0 Å². The highest BCUT2D eigenvalue weighted by atomic mass is 19.2. The molecule has 1 aromatic carbocycles. The first-order valence-corrected chi connectivity index (χ1v) is 6.05. The minimum absolute atomic E-state index is 0.176. The lowest BCUT2D eigenvalue weighted by Crippen LogP contribution is -2.30. The van der Waals surface area contributed by atoms with Gasteiger partial charge in [0.1, 0.15) is 0 Å². The highest BCUT2D eigenvalue weighted by Crippen LogP contribution is 2.30. The molecule has 108 valence electrons. The molecule has 1 N–H and O–H groups in total. The van der Waals surface area contributed by atoms with Crippen molar-refractivity contribution in [1.82, 2.24) is 0 Å². The van der Waals surface area contributed by atoms with Crippen LogP contribution in [0.2, 0.25) is 0 Å². The van der Waals surface area contributed by atoms with E-state index in [0.717, 1.165) is 18.9 Å². The molecule has 1 aliphatic carbocycles. The molecule has 4 nitrogen and oxygen atoms in total. The Labute approximate surface area is 112 Å². The molecule has 2 rings (SSSR count). The Morgan fingerprint density at radius 3 is 2.50 bits per heavy atom. The van der Waals surface area contributed by atoms with Crippen molar-refractivity contribution in [2.75, 3.05) is 5.32 Å². The highest BCUT2D eigenvalue weighted by Gasteiger charge is 2.33. The van der Waals surface area contributed by atoms with E-state index in [2.05, 4.69) is 0 Å². The fourth-order valence-electron chi connectivity index (χ4n) is 1.50. The van der Waals surface area contributed by atoms with Gasteiger partial charge in [-0.1, -0.05) is 0 Å². The van der Waals surface area contributed by atoms with Crippen molar-refractivity contribution in [3.05, 3.63) is 29.6 Å². The SMILES string of the molecule is C[C@H](OC(=O)C1CC1)C(=O)Nc1ccc(F)c(F)c1F. The van der Waals surface area contributed by atoms with E-state index >= 15 is 0 Å². The average Bonchev–Trinajstić information content (AvgIpc) is 3.23. The van der Waals surface area contributed by atoms with Gasteiger partial charge in [-0.3, -0.25) is 9.59 Å². The van der Waals surface area contributed by atoms with Crippen LogP contribution in [0, 0.1) is 23.4 Å². The quantitative estimate of drug-likeness (QED) is 0.683. The van der Waals surface area contributed by atoms with Crippen LogP contribution < -0.4 is 5.32 Å². The van der Waals surface area contributed by atoms with E-state index in [1.165, 1.54) is 6.92 Å². The summed E-state index contributed by atoms with van der Waals surface area (Å²) in [7, 11) is 0. The van der Waals surface area contributed by atoms with Gasteiger partial charge in [-0.05, 0) is 31.9 Å². The molecule has 0 bridgehead atoms. The molecule has 1 fully saturated rings. The number of amides is 1. The summed E-state index contributed by atoms with van der Waals surface area (Å²) in [4.78, 5) is 23.0. The number of hydrogen-bond acceptors (Lipinski definition) is 3.